The standard InChI is InChI=1S/C20H17ClFN5O/c1-28-18-5-2-12(9-24-18)8-23-17-4-3-13(19(22)27-17)6-14-10-25-20-16(14)7-15(21)11-26-20/h2-5,7,9-11H,6,8H2,1H3,(H,23,27)(H,25,26). The van der Waals surface area contributed by atoms with E-state index >= 15 is 0 Å². The van der Waals surface area contributed by atoms with Crippen LogP contribution in [-0.4, -0.2) is 27.0 Å². The van der Waals surface area contributed by atoms with E-state index in [0.29, 0.717) is 35.2 Å². The Morgan fingerprint density at radius 1 is 1.14 bits per heavy atom. The highest BCUT2D eigenvalue weighted by molar-refractivity contribution is 6.31. The van der Waals surface area contributed by atoms with Crippen molar-refractivity contribution in [3.63, 3.8) is 0 Å². The zero-order chi connectivity index (χ0) is 19.5. The maximum Gasteiger partial charge on any atom is 0.218 e. The van der Waals surface area contributed by atoms with Gasteiger partial charge in [-0.2, -0.15) is 4.39 Å². The fraction of sp³-hybridized carbons (Fsp3) is 0.150. The lowest BCUT2D eigenvalue weighted by Crippen LogP contribution is -2.04. The monoisotopic (exact) mass is 397 g/mol. The van der Waals surface area contributed by atoms with Crippen LogP contribution < -0.4 is 10.1 Å². The van der Waals surface area contributed by atoms with Gasteiger partial charge >= 0.3 is 0 Å². The summed E-state index contributed by atoms with van der Waals surface area (Å²) in [5.74, 6) is 0.494. The minimum atomic E-state index is -0.512. The van der Waals surface area contributed by atoms with Gasteiger partial charge in [0.1, 0.15) is 11.5 Å². The molecular weight excluding hydrogens is 381 g/mol. The van der Waals surface area contributed by atoms with E-state index in [0.717, 1.165) is 22.2 Å². The summed E-state index contributed by atoms with van der Waals surface area (Å²) in [6.45, 7) is 0.482. The van der Waals surface area contributed by atoms with Crippen molar-refractivity contribution in [2.45, 2.75) is 13.0 Å². The quantitative estimate of drug-likeness (QED) is 0.473. The second-order valence-corrected chi connectivity index (χ2v) is 6.69. The van der Waals surface area contributed by atoms with Gasteiger partial charge in [0.2, 0.25) is 11.8 Å². The average Bonchev–Trinajstić information content (AvgIpc) is 3.10. The molecule has 4 rings (SSSR count). The summed E-state index contributed by atoms with van der Waals surface area (Å²) in [7, 11) is 1.57. The number of hydrogen-bond donors (Lipinski definition) is 2. The molecule has 8 heteroatoms. The molecule has 2 N–H and O–H groups in total. The van der Waals surface area contributed by atoms with Crippen LogP contribution >= 0.6 is 11.6 Å². The zero-order valence-corrected chi connectivity index (χ0v) is 15.8. The molecule has 0 aliphatic carbocycles. The molecule has 0 aliphatic rings. The van der Waals surface area contributed by atoms with Gasteiger partial charge in [-0.15, -0.1) is 0 Å². The van der Waals surface area contributed by atoms with Gasteiger partial charge in [-0.25, -0.2) is 15.0 Å². The predicted molar refractivity (Wildman–Crippen MR) is 106 cm³/mol. The molecule has 0 aliphatic heterocycles. The molecule has 0 saturated heterocycles. The smallest absolute Gasteiger partial charge is 0.218 e. The number of nitrogens with one attached hydrogen (secondary N) is 2. The van der Waals surface area contributed by atoms with Crippen molar-refractivity contribution in [1.29, 1.82) is 0 Å². The highest BCUT2D eigenvalue weighted by atomic mass is 35.5. The third-order valence-electron chi connectivity index (χ3n) is 4.37. The number of fused-ring (bicyclic) bond motifs is 1. The number of pyridine rings is 3. The van der Waals surface area contributed by atoms with E-state index in [1.54, 1.807) is 37.7 Å². The number of aromatic nitrogens is 4. The van der Waals surface area contributed by atoms with Crippen molar-refractivity contribution in [2.24, 2.45) is 0 Å². The molecule has 142 valence electrons. The van der Waals surface area contributed by atoms with Crippen LogP contribution in [0.25, 0.3) is 11.0 Å². The summed E-state index contributed by atoms with van der Waals surface area (Å²) in [5, 5.41) is 4.51. The SMILES string of the molecule is COc1ccc(CNc2ccc(Cc3c[nH]c4ncc(Cl)cc34)c(F)n2)cn1. The number of halogens is 2. The molecule has 0 saturated carbocycles. The normalized spacial score (nSPS) is 11.0. The highest BCUT2D eigenvalue weighted by Crippen LogP contribution is 2.24. The Kier molecular flexibility index (Phi) is 5.08. The minimum absolute atomic E-state index is 0.392. The van der Waals surface area contributed by atoms with Crippen LogP contribution in [0.4, 0.5) is 10.2 Å². The summed E-state index contributed by atoms with van der Waals surface area (Å²) in [6.07, 6.45) is 5.48. The van der Waals surface area contributed by atoms with Crippen LogP contribution in [-0.2, 0) is 13.0 Å². The first-order valence-corrected chi connectivity index (χ1v) is 9.00. The first-order chi connectivity index (χ1) is 13.6. The highest BCUT2D eigenvalue weighted by Gasteiger charge is 2.11. The summed E-state index contributed by atoms with van der Waals surface area (Å²) in [5.41, 5.74) is 3.07. The number of nitrogens with zero attached hydrogens (tertiary/aromatic N) is 3. The molecule has 4 aromatic rings. The number of rotatable bonds is 6. The van der Waals surface area contributed by atoms with Crippen molar-refractivity contribution in [3.05, 3.63) is 76.6 Å². The van der Waals surface area contributed by atoms with Crippen LogP contribution in [0.5, 0.6) is 5.88 Å². The molecule has 0 radical (unpaired) electrons. The Labute approximate surface area is 165 Å². The lowest BCUT2D eigenvalue weighted by atomic mass is 10.1. The third-order valence-corrected chi connectivity index (χ3v) is 4.58. The number of ether oxygens (including phenoxy) is 1. The van der Waals surface area contributed by atoms with Crippen molar-refractivity contribution in [2.75, 3.05) is 12.4 Å². The van der Waals surface area contributed by atoms with Crippen molar-refractivity contribution in [3.8, 4) is 5.88 Å². The van der Waals surface area contributed by atoms with E-state index < -0.39 is 5.95 Å². The maximum atomic E-state index is 14.5. The summed E-state index contributed by atoms with van der Waals surface area (Å²) >= 11 is 6.02. The van der Waals surface area contributed by atoms with Gasteiger partial charge < -0.3 is 15.0 Å². The largest absolute Gasteiger partial charge is 0.481 e. The number of methoxy groups -OCH3 is 1. The van der Waals surface area contributed by atoms with Gasteiger partial charge in [-0.3, -0.25) is 0 Å². The minimum Gasteiger partial charge on any atom is -0.481 e. The lowest BCUT2D eigenvalue weighted by Gasteiger charge is -2.08. The molecule has 4 aromatic heterocycles. The Bertz CT molecular complexity index is 1110. The fourth-order valence-electron chi connectivity index (χ4n) is 2.91. The lowest BCUT2D eigenvalue weighted by molar-refractivity contribution is 0.397. The molecular formula is C20H17ClFN5O. The van der Waals surface area contributed by atoms with Crippen LogP contribution in [0, 0.1) is 5.95 Å². The number of aromatic amines is 1. The maximum absolute atomic E-state index is 14.5. The topological polar surface area (TPSA) is 75.7 Å². The van der Waals surface area contributed by atoms with Crippen LogP contribution in [0.2, 0.25) is 5.02 Å². The van der Waals surface area contributed by atoms with Crippen molar-refractivity contribution in [1.82, 2.24) is 19.9 Å². The summed E-state index contributed by atoms with van der Waals surface area (Å²) in [4.78, 5) is 15.5. The predicted octanol–water partition coefficient (Wildman–Crippen LogP) is 4.36. The van der Waals surface area contributed by atoms with Gasteiger partial charge in [0, 0.05) is 48.6 Å². The Morgan fingerprint density at radius 2 is 2.04 bits per heavy atom. The van der Waals surface area contributed by atoms with Gasteiger partial charge in [0.15, 0.2) is 0 Å². The van der Waals surface area contributed by atoms with Gasteiger partial charge in [-0.05, 0) is 23.3 Å². The van der Waals surface area contributed by atoms with E-state index in [4.69, 9.17) is 16.3 Å². The summed E-state index contributed by atoms with van der Waals surface area (Å²) in [6, 6.07) is 8.97. The van der Waals surface area contributed by atoms with Crippen LogP contribution in [0.1, 0.15) is 16.7 Å². The van der Waals surface area contributed by atoms with Gasteiger partial charge in [0.05, 0.1) is 12.1 Å². The Morgan fingerprint density at radius 3 is 2.79 bits per heavy atom. The summed E-state index contributed by atoms with van der Waals surface area (Å²) < 4.78 is 19.5. The van der Waals surface area contributed by atoms with E-state index in [-0.39, 0.29) is 0 Å². The average molecular weight is 398 g/mol. The van der Waals surface area contributed by atoms with Gasteiger partial charge in [-0.1, -0.05) is 23.7 Å². The fourth-order valence-corrected chi connectivity index (χ4v) is 3.06. The van der Waals surface area contributed by atoms with E-state index in [9.17, 15) is 4.39 Å². The third kappa shape index (κ3) is 3.89. The molecule has 6 nitrogen and oxygen atoms in total. The number of hydrogen-bond acceptors (Lipinski definition) is 5. The Hall–Kier alpha value is -3.19. The zero-order valence-electron chi connectivity index (χ0n) is 15.0. The van der Waals surface area contributed by atoms with Gasteiger partial charge in [0.25, 0.3) is 0 Å². The second-order valence-electron chi connectivity index (χ2n) is 6.25. The van der Waals surface area contributed by atoms with Crippen molar-refractivity contribution >= 4 is 28.5 Å². The molecule has 0 unspecified atom stereocenters. The van der Waals surface area contributed by atoms with E-state index in [2.05, 4.69) is 25.3 Å². The molecule has 0 fully saturated rings. The molecule has 0 aromatic carbocycles. The Balaban J connectivity index is 1.47. The van der Waals surface area contributed by atoms with Crippen LogP contribution in [0.15, 0.2) is 48.9 Å². The van der Waals surface area contributed by atoms with Crippen LogP contribution in [0.3, 0.4) is 0 Å². The van der Waals surface area contributed by atoms with E-state index in [1.165, 1.54) is 0 Å². The number of anilines is 1. The molecule has 28 heavy (non-hydrogen) atoms. The molecule has 0 amide bonds. The number of H-pyrrole nitrogens is 1. The first-order valence-electron chi connectivity index (χ1n) is 8.62. The van der Waals surface area contributed by atoms with E-state index in [1.807, 2.05) is 18.3 Å². The molecule has 0 bridgehead atoms. The molecule has 0 atom stereocenters. The molecule has 4 heterocycles. The first kappa shape index (κ1) is 18.2. The molecule has 0 spiro atoms. The second kappa shape index (κ2) is 7.82. The van der Waals surface area contributed by atoms with Crippen molar-refractivity contribution < 1.29 is 9.13 Å².